The molecule has 0 aliphatic heterocycles. The quantitative estimate of drug-likeness (QED) is 0.489. The zero-order chi connectivity index (χ0) is 20.1. The van der Waals surface area contributed by atoms with Crippen molar-refractivity contribution in [2.45, 2.75) is 20.1 Å². The van der Waals surface area contributed by atoms with Gasteiger partial charge in [0.05, 0.1) is 21.1 Å². The van der Waals surface area contributed by atoms with Crippen LogP contribution in [0.5, 0.6) is 11.5 Å². The van der Waals surface area contributed by atoms with Crippen LogP contribution >= 0.6 is 39.1 Å². The number of nitrogens with zero attached hydrogens (tertiary/aromatic N) is 4. The normalized spacial score (nSPS) is 10.8. The highest BCUT2D eigenvalue weighted by molar-refractivity contribution is 9.10. The average Bonchev–Trinajstić information content (AvgIpc) is 3.07. The third-order valence-corrected chi connectivity index (χ3v) is 5.14. The molecule has 0 fully saturated rings. The number of benzene rings is 2. The summed E-state index contributed by atoms with van der Waals surface area (Å²) in [5.41, 5.74) is 1.89. The largest absolute Gasteiger partial charge is 0.490 e. The molecular weight excluding hydrogens is 469 g/mol. The molecular formula is C18H18BrCl2N5O2. The van der Waals surface area contributed by atoms with E-state index in [-0.39, 0.29) is 0 Å². The van der Waals surface area contributed by atoms with Gasteiger partial charge >= 0.3 is 0 Å². The molecule has 0 saturated heterocycles. The number of nitrogens with one attached hydrogen (secondary N) is 1. The zero-order valence-electron chi connectivity index (χ0n) is 15.2. The summed E-state index contributed by atoms with van der Waals surface area (Å²) in [5.74, 6) is 1.84. The Kier molecular flexibility index (Phi) is 6.98. The average molecular weight is 487 g/mol. The van der Waals surface area contributed by atoms with Crippen LogP contribution in [-0.4, -0.2) is 26.8 Å². The summed E-state index contributed by atoms with van der Waals surface area (Å²) in [7, 11) is 1.77. The second kappa shape index (κ2) is 9.45. The van der Waals surface area contributed by atoms with Crippen molar-refractivity contribution >= 4 is 45.1 Å². The Bertz CT molecular complexity index is 967. The van der Waals surface area contributed by atoms with E-state index in [9.17, 15) is 0 Å². The van der Waals surface area contributed by atoms with Gasteiger partial charge in [0.25, 0.3) is 0 Å². The zero-order valence-corrected chi connectivity index (χ0v) is 18.3. The van der Waals surface area contributed by atoms with Crippen LogP contribution in [0, 0.1) is 0 Å². The van der Waals surface area contributed by atoms with E-state index in [0.717, 1.165) is 15.6 Å². The van der Waals surface area contributed by atoms with E-state index in [1.165, 1.54) is 0 Å². The van der Waals surface area contributed by atoms with Crippen molar-refractivity contribution in [1.29, 1.82) is 0 Å². The van der Waals surface area contributed by atoms with Crippen molar-refractivity contribution in [2.24, 2.45) is 7.05 Å². The topological polar surface area (TPSA) is 74.1 Å². The predicted octanol–water partition coefficient (Wildman–Crippen LogP) is 4.87. The van der Waals surface area contributed by atoms with Crippen LogP contribution in [0.25, 0.3) is 0 Å². The maximum Gasteiger partial charge on any atom is 0.242 e. The van der Waals surface area contributed by atoms with Crippen LogP contribution in [0.1, 0.15) is 18.1 Å². The van der Waals surface area contributed by atoms with Crippen LogP contribution in [0.2, 0.25) is 10.0 Å². The number of halogens is 3. The number of hydrogen-bond donors (Lipinski definition) is 1. The SMILES string of the molecule is CCOc1cc(CNc2nnnn2C)cc(Br)c1OCc1ccc(Cl)c(Cl)c1. The van der Waals surface area contributed by atoms with E-state index in [1.54, 1.807) is 23.9 Å². The van der Waals surface area contributed by atoms with Crippen LogP contribution in [0.3, 0.4) is 0 Å². The minimum atomic E-state index is 0.331. The number of rotatable bonds is 8. The number of aryl methyl sites for hydroxylation is 1. The fourth-order valence-electron chi connectivity index (χ4n) is 2.47. The molecule has 0 saturated carbocycles. The highest BCUT2D eigenvalue weighted by atomic mass is 79.9. The lowest BCUT2D eigenvalue weighted by atomic mass is 10.2. The predicted molar refractivity (Wildman–Crippen MR) is 112 cm³/mol. The Balaban J connectivity index is 1.76. The van der Waals surface area contributed by atoms with Crippen molar-refractivity contribution in [1.82, 2.24) is 20.2 Å². The molecule has 7 nitrogen and oxygen atoms in total. The fourth-order valence-corrected chi connectivity index (χ4v) is 3.40. The first-order valence-electron chi connectivity index (χ1n) is 8.46. The lowest BCUT2D eigenvalue weighted by Crippen LogP contribution is -2.07. The van der Waals surface area contributed by atoms with E-state index < -0.39 is 0 Å². The second-order valence-electron chi connectivity index (χ2n) is 5.85. The van der Waals surface area contributed by atoms with Crippen LogP contribution in [-0.2, 0) is 20.2 Å². The molecule has 0 amide bonds. The fraction of sp³-hybridized carbons (Fsp3) is 0.278. The van der Waals surface area contributed by atoms with Crippen molar-refractivity contribution < 1.29 is 9.47 Å². The standard InChI is InChI=1S/C18H18BrCl2N5O2/c1-3-27-16-8-12(9-22-18-23-24-25-26(18)2)6-13(19)17(16)28-10-11-4-5-14(20)15(21)7-11/h4-8H,3,9-10H2,1-2H3,(H,22,23,25). The third kappa shape index (κ3) is 5.06. The maximum absolute atomic E-state index is 6.07. The molecule has 1 aromatic heterocycles. The number of anilines is 1. The molecule has 3 rings (SSSR count). The molecule has 0 radical (unpaired) electrons. The number of tetrazole rings is 1. The summed E-state index contributed by atoms with van der Waals surface area (Å²) in [4.78, 5) is 0. The second-order valence-corrected chi connectivity index (χ2v) is 7.52. The van der Waals surface area contributed by atoms with Crippen LogP contribution in [0.15, 0.2) is 34.8 Å². The van der Waals surface area contributed by atoms with E-state index in [0.29, 0.717) is 47.3 Å². The van der Waals surface area contributed by atoms with Gasteiger partial charge in [0.2, 0.25) is 5.95 Å². The summed E-state index contributed by atoms with van der Waals surface area (Å²) in [6, 6.07) is 9.29. The Hall–Kier alpha value is -2.03. The molecule has 0 bridgehead atoms. The molecule has 0 aliphatic carbocycles. The molecule has 1 heterocycles. The van der Waals surface area contributed by atoms with Crippen molar-refractivity contribution in [3.63, 3.8) is 0 Å². The van der Waals surface area contributed by atoms with Gasteiger partial charge in [-0.2, -0.15) is 0 Å². The van der Waals surface area contributed by atoms with Gasteiger partial charge in [-0.15, -0.1) is 0 Å². The highest BCUT2D eigenvalue weighted by Gasteiger charge is 2.14. The Morgan fingerprint density at radius 3 is 2.61 bits per heavy atom. The lowest BCUT2D eigenvalue weighted by molar-refractivity contribution is 0.267. The van der Waals surface area contributed by atoms with Gasteiger partial charge < -0.3 is 14.8 Å². The van der Waals surface area contributed by atoms with Crippen molar-refractivity contribution in [2.75, 3.05) is 11.9 Å². The van der Waals surface area contributed by atoms with E-state index in [1.807, 2.05) is 25.1 Å². The van der Waals surface area contributed by atoms with Crippen molar-refractivity contribution in [3.05, 3.63) is 56.0 Å². The van der Waals surface area contributed by atoms with Gasteiger partial charge in [-0.3, -0.25) is 0 Å². The van der Waals surface area contributed by atoms with Gasteiger partial charge in [-0.1, -0.05) is 34.4 Å². The summed E-state index contributed by atoms with van der Waals surface area (Å²) in [6.45, 7) is 3.30. The van der Waals surface area contributed by atoms with Gasteiger partial charge in [0.15, 0.2) is 11.5 Å². The van der Waals surface area contributed by atoms with E-state index in [2.05, 4.69) is 36.8 Å². The minimum Gasteiger partial charge on any atom is -0.490 e. The summed E-state index contributed by atoms with van der Waals surface area (Å²) in [5, 5.41) is 15.5. The molecule has 0 spiro atoms. The van der Waals surface area contributed by atoms with Gasteiger partial charge in [-0.25, -0.2) is 4.68 Å². The first kappa shape index (κ1) is 20.7. The monoisotopic (exact) mass is 485 g/mol. The highest BCUT2D eigenvalue weighted by Crippen LogP contribution is 2.38. The number of aromatic nitrogens is 4. The smallest absolute Gasteiger partial charge is 0.242 e. The minimum absolute atomic E-state index is 0.331. The van der Waals surface area contributed by atoms with E-state index in [4.69, 9.17) is 32.7 Å². The molecule has 28 heavy (non-hydrogen) atoms. The Labute approximate surface area is 181 Å². The van der Waals surface area contributed by atoms with Crippen LogP contribution in [0.4, 0.5) is 5.95 Å². The Morgan fingerprint density at radius 1 is 1.11 bits per heavy atom. The first-order chi connectivity index (χ1) is 13.5. The van der Waals surface area contributed by atoms with Gasteiger partial charge in [0, 0.05) is 13.6 Å². The Morgan fingerprint density at radius 2 is 1.93 bits per heavy atom. The maximum atomic E-state index is 6.07. The molecule has 2 aromatic carbocycles. The summed E-state index contributed by atoms with van der Waals surface area (Å²) >= 11 is 15.6. The lowest BCUT2D eigenvalue weighted by Gasteiger charge is -2.16. The number of ether oxygens (including phenoxy) is 2. The number of hydrogen-bond acceptors (Lipinski definition) is 6. The molecule has 3 aromatic rings. The van der Waals surface area contributed by atoms with Gasteiger partial charge in [0.1, 0.15) is 6.61 Å². The summed E-state index contributed by atoms with van der Waals surface area (Å²) < 4.78 is 14.1. The molecule has 0 aliphatic rings. The first-order valence-corrected chi connectivity index (χ1v) is 10.0. The molecule has 0 atom stereocenters. The van der Waals surface area contributed by atoms with Crippen LogP contribution < -0.4 is 14.8 Å². The van der Waals surface area contributed by atoms with Gasteiger partial charge in [-0.05, 0) is 68.7 Å². The molecule has 148 valence electrons. The molecule has 1 N–H and O–H groups in total. The van der Waals surface area contributed by atoms with Crippen molar-refractivity contribution in [3.8, 4) is 11.5 Å². The third-order valence-electron chi connectivity index (χ3n) is 3.81. The van der Waals surface area contributed by atoms with E-state index >= 15 is 0 Å². The molecule has 0 unspecified atom stereocenters. The summed E-state index contributed by atoms with van der Waals surface area (Å²) in [6.07, 6.45) is 0. The molecule has 10 heteroatoms.